The van der Waals surface area contributed by atoms with E-state index in [0.29, 0.717) is 0 Å². The van der Waals surface area contributed by atoms with Crippen molar-refractivity contribution >= 4 is 30.6 Å². The second-order valence-corrected chi connectivity index (χ2v) is 7.92. The number of aliphatic hydroxyl groups is 2. The number of amides is 1. The quantitative estimate of drug-likeness (QED) is 0.322. The molecule has 0 radical (unpaired) electrons. The Kier molecular flexibility index (Phi) is 6.03. The van der Waals surface area contributed by atoms with Crippen LogP contribution in [0.3, 0.4) is 0 Å². The van der Waals surface area contributed by atoms with E-state index in [1.54, 1.807) is 6.92 Å². The fourth-order valence-electron chi connectivity index (χ4n) is 2.91. The van der Waals surface area contributed by atoms with Crippen LogP contribution in [-0.2, 0) is 23.1 Å². The van der Waals surface area contributed by atoms with Crippen molar-refractivity contribution in [2.24, 2.45) is 0 Å². The van der Waals surface area contributed by atoms with E-state index in [2.05, 4.69) is 20.0 Å². The van der Waals surface area contributed by atoms with Gasteiger partial charge in [0.1, 0.15) is 30.2 Å². The third kappa shape index (κ3) is 4.17. The van der Waals surface area contributed by atoms with Gasteiger partial charge in [0.05, 0.1) is 13.2 Å². The summed E-state index contributed by atoms with van der Waals surface area (Å²) in [5.74, 6) is -0.623. The smallest absolute Gasteiger partial charge is 0.387 e. The number of carbonyl (C=O) groups excluding carboxylic acids is 1. The largest absolute Gasteiger partial charge is 0.434 e. The number of aliphatic hydroxyl groups excluding tert-OH is 2. The van der Waals surface area contributed by atoms with Gasteiger partial charge >= 0.3 is 13.4 Å². The van der Waals surface area contributed by atoms with Crippen molar-refractivity contribution in [3.8, 4) is 0 Å². The van der Waals surface area contributed by atoms with Crippen molar-refractivity contribution < 1.29 is 33.4 Å². The summed E-state index contributed by atoms with van der Waals surface area (Å²) in [6, 6.07) is 0. The molecular formula is C14H21N6O8P. The molecule has 0 spiro atoms. The lowest BCUT2D eigenvalue weighted by Gasteiger charge is -2.20. The molecule has 5 atom stereocenters. The number of imidazole rings is 1. The summed E-state index contributed by atoms with van der Waals surface area (Å²) >= 11 is 0. The van der Waals surface area contributed by atoms with Crippen LogP contribution in [0.5, 0.6) is 0 Å². The molecule has 14 nitrogen and oxygen atoms in total. The highest BCUT2D eigenvalue weighted by atomic mass is 31.2. The molecule has 29 heavy (non-hydrogen) atoms. The zero-order valence-corrected chi connectivity index (χ0v) is 16.4. The van der Waals surface area contributed by atoms with Crippen LogP contribution in [0.25, 0.3) is 11.2 Å². The molecule has 1 saturated heterocycles. The van der Waals surface area contributed by atoms with Crippen LogP contribution in [0.4, 0.5) is 5.82 Å². The first kappa shape index (κ1) is 21.4. The molecule has 1 fully saturated rings. The van der Waals surface area contributed by atoms with Crippen LogP contribution in [0, 0.1) is 0 Å². The number of nitrogens with two attached hydrogens (primary N) is 1. The van der Waals surface area contributed by atoms with Gasteiger partial charge in [0.15, 0.2) is 17.7 Å². The Balaban J connectivity index is 1.82. The van der Waals surface area contributed by atoms with Gasteiger partial charge in [0.2, 0.25) is 5.91 Å². The molecule has 3 heterocycles. The van der Waals surface area contributed by atoms with E-state index in [1.165, 1.54) is 0 Å². The van der Waals surface area contributed by atoms with Crippen LogP contribution in [-0.4, -0.2) is 67.2 Å². The maximum absolute atomic E-state index is 12.5. The van der Waals surface area contributed by atoms with Crippen molar-refractivity contribution in [3.63, 3.8) is 0 Å². The van der Waals surface area contributed by atoms with E-state index in [4.69, 9.17) is 19.5 Å². The number of nitrogens with zero attached hydrogens (tertiary/aromatic N) is 3. The Morgan fingerprint density at radius 3 is 2.79 bits per heavy atom. The molecule has 2 aromatic rings. The molecule has 1 aliphatic heterocycles. The number of fused-ring (bicyclic) bond motifs is 1. The van der Waals surface area contributed by atoms with Crippen LogP contribution in [0.2, 0.25) is 0 Å². The molecule has 0 aliphatic carbocycles. The lowest BCUT2D eigenvalue weighted by Crippen LogP contribution is -2.35. The number of aromatic nitrogens is 4. The summed E-state index contributed by atoms with van der Waals surface area (Å²) < 4.78 is 29.1. The SMILES string of the molecule is CCOP(=O)(NC(C)=O)OC[C@H]1O[C@@H](n2c(=O)[nH]c3c(N)ncnc32)[C@H](O)[C@@H]1O. The highest BCUT2D eigenvalue weighted by molar-refractivity contribution is 7.52. The minimum atomic E-state index is -3.99. The van der Waals surface area contributed by atoms with Crippen LogP contribution >= 0.6 is 7.75 Å². The van der Waals surface area contributed by atoms with E-state index in [-0.39, 0.29) is 23.6 Å². The summed E-state index contributed by atoms with van der Waals surface area (Å²) in [4.78, 5) is 33.7. The third-order valence-corrected chi connectivity index (χ3v) is 5.81. The number of anilines is 1. The van der Waals surface area contributed by atoms with E-state index < -0.39 is 50.5 Å². The number of hydrogen-bond acceptors (Lipinski definition) is 11. The van der Waals surface area contributed by atoms with Gasteiger partial charge in [-0.3, -0.25) is 18.9 Å². The number of H-pyrrole nitrogens is 1. The summed E-state index contributed by atoms with van der Waals surface area (Å²) in [5, 5.41) is 22.7. The van der Waals surface area contributed by atoms with Gasteiger partial charge in [-0.05, 0) is 6.92 Å². The van der Waals surface area contributed by atoms with Gasteiger partial charge in [-0.25, -0.2) is 23.9 Å². The fraction of sp³-hybridized carbons (Fsp3) is 0.571. The fourth-order valence-corrected chi connectivity index (χ4v) is 4.18. The summed E-state index contributed by atoms with van der Waals surface area (Å²) in [6.07, 6.45) is -4.42. The predicted octanol–water partition coefficient (Wildman–Crippen LogP) is -1.38. The Morgan fingerprint density at radius 1 is 1.41 bits per heavy atom. The molecule has 1 aliphatic rings. The van der Waals surface area contributed by atoms with Crippen molar-refractivity contribution in [2.75, 3.05) is 18.9 Å². The Hall–Kier alpha value is -2.35. The van der Waals surface area contributed by atoms with Crippen molar-refractivity contribution in [1.82, 2.24) is 24.6 Å². The highest BCUT2D eigenvalue weighted by Crippen LogP contribution is 2.44. The lowest BCUT2D eigenvalue weighted by molar-refractivity contribution is -0.117. The van der Waals surface area contributed by atoms with Gasteiger partial charge in [-0.2, -0.15) is 0 Å². The van der Waals surface area contributed by atoms with Gasteiger partial charge in [0, 0.05) is 6.92 Å². The van der Waals surface area contributed by atoms with Crippen molar-refractivity contribution in [1.29, 1.82) is 0 Å². The number of hydrogen-bond donors (Lipinski definition) is 5. The number of rotatable bonds is 7. The van der Waals surface area contributed by atoms with E-state index in [9.17, 15) is 24.4 Å². The number of nitrogens with one attached hydrogen (secondary N) is 2. The van der Waals surface area contributed by atoms with Crippen LogP contribution < -0.4 is 16.5 Å². The van der Waals surface area contributed by atoms with E-state index in [0.717, 1.165) is 17.8 Å². The maximum Gasteiger partial charge on any atom is 0.434 e. The molecule has 6 N–H and O–H groups in total. The number of aromatic amines is 1. The first-order valence-electron chi connectivity index (χ1n) is 8.57. The predicted molar refractivity (Wildman–Crippen MR) is 97.5 cm³/mol. The average molecular weight is 432 g/mol. The summed E-state index contributed by atoms with van der Waals surface area (Å²) in [7, 11) is -3.99. The van der Waals surface area contributed by atoms with Gasteiger partial charge in [0.25, 0.3) is 0 Å². The molecule has 2 aromatic heterocycles. The molecule has 1 amide bonds. The zero-order valence-electron chi connectivity index (χ0n) is 15.5. The number of carbonyl (C=O) groups is 1. The van der Waals surface area contributed by atoms with E-state index in [1.807, 2.05) is 0 Å². The Morgan fingerprint density at radius 2 is 2.14 bits per heavy atom. The molecule has 160 valence electrons. The molecule has 0 bridgehead atoms. The van der Waals surface area contributed by atoms with Crippen LogP contribution in [0.1, 0.15) is 20.1 Å². The number of nitrogen functional groups attached to an aromatic ring is 1. The Labute approximate surface area is 163 Å². The Bertz CT molecular complexity index is 1010. The maximum atomic E-state index is 12.5. The second-order valence-electron chi connectivity index (χ2n) is 6.18. The summed E-state index contributed by atoms with van der Waals surface area (Å²) in [6.45, 7) is 2.17. The van der Waals surface area contributed by atoms with Crippen LogP contribution in [0.15, 0.2) is 11.1 Å². The molecule has 1 unspecified atom stereocenters. The normalized spacial score (nSPS) is 26.5. The topological polar surface area (TPSA) is 204 Å². The van der Waals surface area contributed by atoms with E-state index >= 15 is 0 Å². The van der Waals surface area contributed by atoms with Crippen molar-refractivity contribution in [2.45, 2.75) is 38.4 Å². The zero-order chi connectivity index (χ0) is 21.3. The first-order valence-corrected chi connectivity index (χ1v) is 10.1. The third-order valence-electron chi connectivity index (χ3n) is 4.13. The van der Waals surface area contributed by atoms with Crippen molar-refractivity contribution in [3.05, 3.63) is 16.8 Å². The molecular weight excluding hydrogens is 411 g/mol. The second kappa shape index (κ2) is 8.18. The summed E-state index contributed by atoms with van der Waals surface area (Å²) in [5.41, 5.74) is 5.23. The lowest BCUT2D eigenvalue weighted by atomic mass is 10.1. The highest BCUT2D eigenvalue weighted by Gasteiger charge is 2.46. The van der Waals surface area contributed by atoms with Gasteiger partial charge in [-0.15, -0.1) is 0 Å². The monoisotopic (exact) mass is 432 g/mol. The number of ether oxygens (including phenoxy) is 1. The molecule has 0 aromatic carbocycles. The minimum absolute atomic E-state index is 0.0112. The molecule has 15 heteroatoms. The van der Waals surface area contributed by atoms with Gasteiger partial charge in [-0.1, -0.05) is 0 Å². The molecule has 3 rings (SSSR count). The average Bonchev–Trinajstić information content (AvgIpc) is 3.11. The van der Waals surface area contributed by atoms with Gasteiger partial charge < -0.3 is 25.7 Å². The first-order chi connectivity index (χ1) is 13.7. The molecule has 0 saturated carbocycles. The minimum Gasteiger partial charge on any atom is -0.387 e. The standard InChI is InChI=1S/C14H21N6O8P/c1-3-26-29(25,19-6(2)21)27-4-7-9(22)10(23)13(28-7)20-12-8(18-14(20)24)11(15)16-5-17-12/h5,7,9-10,13,22-23H,3-4H2,1-2H3,(H,18,24)(H2,15,16,17)(H,19,21,25)/t7-,9-,10-,13-,29?/m1/s1.